The normalized spacial score (nSPS) is 17.0. The van der Waals surface area contributed by atoms with E-state index >= 15 is 0 Å². The smallest absolute Gasteiger partial charge is 0.243 e. The monoisotopic (exact) mass is 410 g/mol. The number of likely N-dealkylation sites (N-methyl/N-ethyl adjacent to an activating group) is 1. The maximum Gasteiger partial charge on any atom is 0.243 e. The number of amides is 1. The Bertz CT molecular complexity index is 339. The lowest BCUT2D eigenvalue weighted by Gasteiger charge is -2.28. The molecule has 1 amide bonds. The third-order valence-corrected chi connectivity index (χ3v) is 4.26. The van der Waals surface area contributed by atoms with Crippen LogP contribution in [0.2, 0.25) is 0 Å². The van der Waals surface area contributed by atoms with E-state index in [0.717, 1.165) is 19.0 Å². The molecule has 0 bridgehead atoms. The highest BCUT2D eigenvalue weighted by atomic mass is 127. The zero-order valence-corrected chi connectivity index (χ0v) is 16.2. The van der Waals surface area contributed by atoms with Gasteiger partial charge in [-0.3, -0.25) is 4.79 Å². The predicted molar refractivity (Wildman–Crippen MR) is 99.3 cm³/mol. The molecule has 124 valence electrons. The van der Waals surface area contributed by atoms with Gasteiger partial charge in [-0.25, -0.2) is 4.99 Å². The second-order valence-electron chi connectivity index (χ2n) is 5.90. The Balaban J connectivity index is 0.00000400. The van der Waals surface area contributed by atoms with E-state index in [1.165, 1.54) is 32.1 Å². The van der Waals surface area contributed by atoms with E-state index in [4.69, 9.17) is 0 Å². The topological polar surface area (TPSA) is 56.7 Å². The van der Waals surface area contributed by atoms with Gasteiger partial charge in [0.25, 0.3) is 0 Å². The van der Waals surface area contributed by atoms with Crippen LogP contribution in [0, 0.1) is 5.41 Å². The Hall–Kier alpha value is -0.530. The fourth-order valence-electron chi connectivity index (χ4n) is 2.68. The summed E-state index contributed by atoms with van der Waals surface area (Å²) in [5.74, 6) is 0.774. The Morgan fingerprint density at radius 2 is 1.81 bits per heavy atom. The van der Waals surface area contributed by atoms with Crippen LogP contribution in [0.15, 0.2) is 4.99 Å². The molecule has 6 heteroatoms. The summed E-state index contributed by atoms with van der Waals surface area (Å²) in [7, 11) is 3.51. The number of hydrogen-bond donors (Lipinski definition) is 2. The maximum absolute atomic E-state index is 11.6. The van der Waals surface area contributed by atoms with Gasteiger partial charge in [0.05, 0.1) is 0 Å². The highest BCUT2D eigenvalue weighted by Crippen LogP contribution is 2.40. The summed E-state index contributed by atoms with van der Waals surface area (Å²) >= 11 is 0. The van der Waals surface area contributed by atoms with E-state index in [1.807, 2.05) is 6.92 Å². The molecule has 0 atom stereocenters. The zero-order chi connectivity index (χ0) is 15.0. The fourth-order valence-corrected chi connectivity index (χ4v) is 2.68. The highest BCUT2D eigenvalue weighted by Gasteiger charge is 2.31. The molecule has 1 aliphatic carbocycles. The van der Waals surface area contributed by atoms with Crippen molar-refractivity contribution in [1.82, 2.24) is 15.5 Å². The molecule has 0 aromatic heterocycles. The molecule has 1 fully saturated rings. The molecule has 0 unspecified atom stereocenters. The highest BCUT2D eigenvalue weighted by molar-refractivity contribution is 14.0. The number of nitrogens with one attached hydrogen (secondary N) is 2. The van der Waals surface area contributed by atoms with Crippen LogP contribution in [0.25, 0.3) is 0 Å². The van der Waals surface area contributed by atoms with Gasteiger partial charge in [-0.15, -0.1) is 24.0 Å². The van der Waals surface area contributed by atoms with Crippen LogP contribution in [0.4, 0.5) is 0 Å². The number of guanidine groups is 1. The van der Waals surface area contributed by atoms with Gasteiger partial charge >= 0.3 is 0 Å². The number of nitrogens with zero attached hydrogens (tertiary/aromatic N) is 2. The van der Waals surface area contributed by atoms with E-state index in [2.05, 4.69) is 22.5 Å². The van der Waals surface area contributed by atoms with Crippen molar-refractivity contribution in [3.8, 4) is 0 Å². The van der Waals surface area contributed by atoms with Gasteiger partial charge < -0.3 is 15.5 Å². The van der Waals surface area contributed by atoms with Crippen molar-refractivity contribution in [3.63, 3.8) is 0 Å². The lowest BCUT2D eigenvalue weighted by molar-refractivity contribution is -0.127. The SMILES string of the molecule is CCNC(=NCC(=O)N(C)C)NCC1(CC)CCCC1.I. The summed E-state index contributed by atoms with van der Waals surface area (Å²) in [5.41, 5.74) is 0.418. The third kappa shape index (κ3) is 6.84. The van der Waals surface area contributed by atoms with Crippen LogP contribution in [-0.4, -0.2) is 50.5 Å². The van der Waals surface area contributed by atoms with Crippen molar-refractivity contribution in [3.05, 3.63) is 0 Å². The summed E-state index contributed by atoms with van der Waals surface area (Å²) in [4.78, 5) is 17.5. The molecule has 0 saturated heterocycles. The molecule has 2 N–H and O–H groups in total. The average Bonchev–Trinajstić information content (AvgIpc) is 2.91. The number of carbonyl (C=O) groups excluding carboxylic acids is 1. The van der Waals surface area contributed by atoms with E-state index < -0.39 is 0 Å². The third-order valence-electron chi connectivity index (χ3n) is 4.26. The summed E-state index contributed by atoms with van der Waals surface area (Å²) in [6.07, 6.45) is 6.47. The number of aliphatic imine (C=N–C) groups is 1. The summed E-state index contributed by atoms with van der Waals surface area (Å²) in [6, 6.07) is 0. The number of carbonyl (C=O) groups is 1. The molecule has 5 nitrogen and oxygen atoms in total. The fraction of sp³-hybridized carbons (Fsp3) is 0.867. The van der Waals surface area contributed by atoms with Crippen molar-refractivity contribution in [2.24, 2.45) is 10.4 Å². The molecule has 0 aliphatic heterocycles. The molecular weight excluding hydrogens is 379 g/mol. The Kier molecular flexibility index (Phi) is 9.98. The second kappa shape index (κ2) is 10.2. The minimum atomic E-state index is 0. The molecule has 1 rings (SSSR count). The van der Waals surface area contributed by atoms with E-state index in [-0.39, 0.29) is 36.4 Å². The Morgan fingerprint density at radius 1 is 1.19 bits per heavy atom. The number of halogens is 1. The van der Waals surface area contributed by atoms with Crippen molar-refractivity contribution in [1.29, 1.82) is 0 Å². The largest absolute Gasteiger partial charge is 0.357 e. The molecule has 1 saturated carbocycles. The first-order valence-electron chi connectivity index (χ1n) is 7.75. The average molecular weight is 410 g/mol. The predicted octanol–water partition coefficient (Wildman–Crippen LogP) is 2.22. The zero-order valence-electron chi connectivity index (χ0n) is 13.9. The molecule has 0 spiro atoms. The van der Waals surface area contributed by atoms with Gasteiger partial charge in [-0.05, 0) is 31.6 Å². The van der Waals surface area contributed by atoms with Crippen molar-refractivity contribution < 1.29 is 4.79 Å². The first-order valence-corrected chi connectivity index (χ1v) is 7.75. The van der Waals surface area contributed by atoms with Crippen LogP contribution < -0.4 is 10.6 Å². The molecule has 1 aliphatic rings. The quantitative estimate of drug-likeness (QED) is 0.401. The van der Waals surface area contributed by atoms with Gasteiger partial charge in [0.15, 0.2) is 5.96 Å². The van der Waals surface area contributed by atoms with E-state index in [0.29, 0.717) is 5.41 Å². The number of hydrogen-bond acceptors (Lipinski definition) is 2. The first kappa shape index (κ1) is 20.5. The number of rotatable bonds is 6. The Morgan fingerprint density at radius 3 is 2.29 bits per heavy atom. The van der Waals surface area contributed by atoms with E-state index in [1.54, 1.807) is 19.0 Å². The maximum atomic E-state index is 11.6. The van der Waals surface area contributed by atoms with Gasteiger partial charge in [0.1, 0.15) is 6.54 Å². The van der Waals surface area contributed by atoms with Gasteiger partial charge in [-0.2, -0.15) is 0 Å². The van der Waals surface area contributed by atoms with Crippen molar-refractivity contribution in [2.75, 3.05) is 33.7 Å². The molecule has 0 aromatic rings. The van der Waals surface area contributed by atoms with Crippen LogP contribution in [0.3, 0.4) is 0 Å². The van der Waals surface area contributed by atoms with Crippen molar-refractivity contribution in [2.45, 2.75) is 46.0 Å². The summed E-state index contributed by atoms with van der Waals surface area (Å²) < 4.78 is 0. The lowest BCUT2D eigenvalue weighted by atomic mass is 9.83. The second-order valence-corrected chi connectivity index (χ2v) is 5.90. The standard InChI is InChI=1S/C15H30N4O.HI/c1-5-15(9-7-8-10-15)12-18-14(16-6-2)17-11-13(20)19(3)4;/h5-12H2,1-4H3,(H2,16,17,18);1H. The molecule has 0 heterocycles. The molecule has 21 heavy (non-hydrogen) atoms. The van der Waals surface area contributed by atoms with Crippen LogP contribution >= 0.6 is 24.0 Å². The minimum Gasteiger partial charge on any atom is -0.357 e. The molecular formula is C15H31IN4O. The van der Waals surface area contributed by atoms with Crippen molar-refractivity contribution >= 4 is 35.8 Å². The molecule has 0 radical (unpaired) electrons. The summed E-state index contributed by atoms with van der Waals surface area (Å²) in [5, 5.41) is 6.63. The van der Waals surface area contributed by atoms with Gasteiger partial charge in [0, 0.05) is 27.2 Å². The van der Waals surface area contributed by atoms with Crippen LogP contribution in [0.5, 0.6) is 0 Å². The van der Waals surface area contributed by atoms with Crippen LogP contribution in [0.1, 0.15) is 46.0 Å². The Labute approximate surface area is 146 Å². The lowest BCUT2D eigenvalue weighted by Crippen LogP contribution is -2.43. The van der Waals surface area contributed by atoms with Gasteiger partial charge in [-0.1, -0.05) is 19.8 Å². The molecule has 0 aromatic carbocycles. The first-order chi connectivity index (χ1) is 9.53. The minimum absolute atomic E-state index is 0. The van der Waals surface area contributed by atoms with Crippen LogP contribution in [-0.2, 0) is 4.79 Å². The van der Waals surface area contributed by atoms with E-state index in [9.17, 15) is 4.79 Å². The summed E-state index contributed by atoms with van der Waals surface area (Å²) in [6.45, 7) is 6.26. The van der Waals surface area contributed by atoms with Gasteiger partial charge in [0.2, 0.25) is 5.91 Å².